The van der Waals surface area contributed by atoms with Gasteiger partial charge in [0, 0.05) is 25.7 Å². The van der Waals surface area contributed by atoms with Crippen LogP contribution in [-0.4, -0.2) is 60.0 Å². The van der Waals surface area contributed by atoms with Gasteiger partial charge >= 0.3 is 12.1 Å². The third kappa shape index (κ3) is 4.78. The molecule has 1 aromatic carbocycles. The summed E-state index contributed by atoms with van der Waals surface area (Å²) in [5.41, 5.74) is 3.68. The Hall–Kier alpha value is -2.57. The Morgan fingerprint density at radius 3 is 2.59 bits per heavy atom. The van der Waals surface area contributed by atoms with Crippen molar-refractivity contribution in [2.75, 3.05) is 26.2 Å². The lowest BCUT2D eigenvalue weighted by molar-refractivity contribution is -0.125. The molecule has 2 aliphatic heterocycles. The molecule has 2 atom stereocenters. The highest BCUT2D eigenvalue weighted by Gasteiger charge is 2.34. The third-order valence-corrected chi connectivity index (χ3v) is 5.14. The van der Waals surface area contributed by atoms with Gasteiger partial charge in [-0.3, -0.25) is 9.69 Å². The zero-order chi connectivity index (χ0) is 19.6. The van der Waals surface area contributed by atoms with Crippen LogP contribution in [0.3, 0.4) is 0 Å². The predicted molar refractivity (Wildman–Crippen MR) is 102 cm³/mol. The van der Waals surface area contributed by atoms with Crippen LogP contribution in [0.4, 0.5) is 9.59 Å². The maximum absolute atomic E-state index is 12.5. The first kappa shape index (κ1) is 19.2. The monoisotopic (exact) mass is 372 g/mol. The molecule has 2 saturated heterocycles. The van der Waals surface area contributed by atoms with Crippen molar-refractivity contribution in [1.29, 1.82) is 0 Å². The Labute approximate surface area is 160 Å². The molecule has 146 valence electrons. The van der Waals surface area contributed by atoms with Gasteiger partial charge in [-0.1, -0.05) is 29.3 Å². The fraction of sp³-hybridized carbons (Fsp3) is 0.550. The highest BCUT2D eigenvalue weighted by Crippen LogP contribution is 2.19. The lowest BCUT2D eigenvalue weighted by atomic mass is 10.0. The third-order valence-electron chi connectivity index (χ3n) is 5.14. The van der Waals surface area contributed by atoms with E-state index in [1.165, 1.54) is 21.6 Å². The summed E-state index contributed by atoms with van der Waals surface area (Å²) in [7, 11) is 0. The van der Waals surface area contributed by atoms with E-state index >= 15 is 0 Å². The molecule has 0 aliphatic carbocycles. The van der Waals surface area contributed by atoms with Crippen molar-refractivity contribution in [3.8, 4) is 0 Å². The Balaban J connectivity index is 1.48. The van der Waals surface area contributed by atoms with Crippen LogP contribution in [0.5, 0.6) is 0 Å². The van der Waals surface area contributed by atoms with Gasteiger partial charge in [0.15, 0.2) is 0 Å². The summed E-state index contributed by atoms with van der Waals surface area (Å²) in [6.07, 6.45) is 1.59. The summed E-state index contributed by atoms with van der Waals surface area (Å²) in [4.78, 5) is 38.9. The number of carbonyl (C=O) groups excluding carboxylic acids is 3. The Bertz CT molecular complexity index is 712. The molecule has 2 aliphatic rings. The largest absolute Gasteiger partial charge is 0.335 e. The number of hydrogen-bond donors (Lipinski definition) is 2. The number of carbonyl (C=O) groups is 3. The standard InChI is InChI=1S/C20H28N4O3/c1-13-6-14(2)8-17(7-13)9-15(3)22-20(27)23-5-4-16(11-23)12-24-18(25)10-21-19(24)26/h6-8,15-16H,4-5,9-12H2,1-3H3,(H,21,26)(H,22,27). The molecule has 27 heavy (non-hydrogen) atoms. The molecular weight excluding hydrogens is 344 g/mol. The fourth-order valence-corrected chi connectivity index (χ4v) is 3.96. The topological polar surface area (TPSA) is 81.8 Å². The summed E-state index contributed by atoms with van der Waals surface area (Å²) < 4.78 is 0. The minimum Gasteiger partial charge on any atom is -0.335 e. The van der Waals surface area contributed by atoms with Crippen molar-refractivity contribution in [1.82, 2.24) is 20.4 Å². The summed E-state index contributed by atoms with van der Waals surface area (Å²) in [5, 5.41) is 5.60. The first-order valence-corrected chi connectivity index (χ1v) is 9.52. The number of urea groups is 2. The van der Waals surface area contributed by atoms with Gasteiger partial charge in [0.1, 0.15) is 0 Å². The van der Waals surface area contributed by atoms with Crippen molar-refractivity contribution in [2.24, 2.45) is 5.92 Å². The van der Waals surface area contributed by atoms with Gasteiger partial charge in [0.05, 0.1) is 6.54 Å². The first-order valence-electron chi connectivity index (χ1n) is 9.52. The lowest BCUT2D eigenvalue weighted by Crippen LogP contribution is -2.44. The zero-order valence-corrected chi connectivity index (χ0v) is 16.2. The normalized spacial score (nSPS) is 20.8. The molecule has 2 unspecified atom stereocenters. The summed E-state index contributed by atoms with van der Waals surface area (Å²) in [6, 6.07) is 6.07. The van der Waals surface area contributed by atoms with Gasteiger partial charge in [0.25, 0.3) is 0 Å². The van der Waals surface area contributed by atoms with E-state index in [1.54, 1.807) is 4.90 Å². The molecule has 0 bridgehead atoms. The van der Waals surface area contributed by atoms with Crippen LogP contribution in [0.2, 0.25) is 0 Å². The maximum atomic E-state index is 12.5. The van der Waals surface area contributed by atoms with E-state index in [9.17, 15) is 14.4 Å². The second-order valence-corrected chi connectivity index (χ2v) is 7.81. The van der Waals surface area contributed by atoms with Crippen molar-refractivity contribution in [3.05, 3.63) is 34.9 Å². The quantitative estimate of drug-likeness (QED) is 0.774. The van der Waals surface area contributed by atoms with E-state index in [1.807, 2.05) is 6.92 Å². The van der Waals surface area contributed by atoms with Crippen LogP contribution in [0.1, 0.15) is 30.0 Å². The Morgan fingerprint density at radius 2 is 1.96 bits per heavy atom. The molecule has 0 radical (unpaired) electrons. The molecule has 7 heteroatoms. The van der Waals surface area contributed by atoms with Crippen LogP contribution >= 0.6 is 0 Å². The smallest absolute Gasteiger partial charge is 0.324 e. The molecular formula is C20H28N4O3. The minimum atomic E-state index is -0.329. The molecule has 0 aromatic heterocycles. The second-order valence-electron chi connectivity index (χ2n) is 7.81. The van der Waals surface area contributed by atoms with Crippen molar-refractivity contribution in [2.45, 2.75) is 39.7 Å². The number of amides is 5. The average Bonchev–Trinajstić information content (AvgIpc) is 3.16. The lowest BCUT2D eigenvalue weighted by Gasteiger charge is -2.22. The van der Waals surface area contributed by atoms with Crippen LogP contribution in [0, 0.1) is 19.8 Å². The van der Waals surface area contributed by atoms with Gasteiger partial charge in [-0.25, -0.2) is 9.59 Å². The fourth-order valence-electron chi connectivity index (χ4n) is 3.96. The van der Waals surface area contributed by atoms with Gasteiger partial charge in [-0.15, -0.1) is 0 Å². The van der Waals surface area contributed by atoms with E-state index in [0.717, 1.165) is 12.8 Å². The highest BCUT2D eigenvalue weighted by atomic mass is 16.2. The number of hydrogen-bond acceptors (Lipinski definition) is 3. The molecule has 2 fully saturated rings. The van der Waals surface area contributed by atoms with E-state index < -0.39 is 0 Å². The zero-order valence-electron chi connectivity index (χ0n) is 16.2. The van der Waals surface area contributed by atoms with Gasteiger partial charge in [-0.05, 0) is 45.1 Å². The number of likely N-dealkylation sites (tertiary alicyclic amines) is 1. The van der Waals surface area contributed by atoms with E-state index in [-0.39, 0.29) is 36.5 Å². The number of imide groups is 1. The average molecular weight is 372 g/mol. The minimum absolute atomic E-state index is 0.0312. The van der Waals surface area contributed by atoms with Gasteiger partial charge in [-0.2, -0.15) is 0 Å². The van der Waals surface area contributed by atoms with Crippen LogP contribution in [-0.2, 0) is 11.2 Å². The summed E-state index contributed by atoms with van der Waals surface area (Å²) in [6.45, 7) is 7.84. The molecule has 2 heterocycles. The maximum Gasteiger partial charge on any atom is 0.324 e. The number of nitrogens with one attached hydrogen (secondary N) is 2. The Morgan fingerprint density at radius 1 is 1.26 bits per heavy atom. The SMILES string of the molecule is Cc1cc(C)cc(CC(C)NC(=O)N2CCC(CN3C(=O)CNC3=O)C2)c1. The summed E-state index contributed by atoms with van der Waals surface area (Å²) >= 11 is 0. The predicted octanol–water partition coefficient (Wildman–Crippen LogP) is 1.82. The molecule has 3 rings (SSSR count). The second kappa shape index (κ2) is 7.98. The van der Waals surface area contributed by atoms with Crippen LogP contribution in [0.25, 0.3) is 0 Å². The van der Waals surface area contributed by atoms with Crippen LogP contribution < -0.4 is 10.6 Å². The number of aryl methyl sites for hydroxylation is 2. The molecule has 1 aromatic rings. The van der Waals surface area contributed by atoms with E-state index in [4.69, 9.17) is 0 Å². The van der Waals surface area contributed by atoms with Crippen molar-refractivity contribution in [3.63, 3.8) is 0 Å². The van der Waals surface area contributed by atoms with Crippen LogP contribution in [0.15, 0.2) is 18.2 Å². The van der Waals surface area contributed by atoms with Crippen molar-refractivity contribution < 1.29 is 14.4 Å². The Kier molecular flexibility index (Phi) is 5.68. The number of rotatable bonds is 5. The molecule has 7 nitrogen and oxygen atoms in total. The molecule has 2 N–H and O–H groups in total. The number of benzene rings is 1. The van der Waals surface area contributed by atoms with Gasteiger partial charge < -0.3 is 15.5 Å². The highest BCUT2D eigenvalue weighted by molar-refractivity contribution is 6.01. The van der Waals surface area contributed by atoms with Crippen molar-refractivity contribution >= 4 is 18.0 Å². The number of nitrogens with zero attached hydrogens (tertiary/aromatic N) is 2. The molecule has 5 amide bonds. The van der Waals surface area contributed by atoms with E-state index in [2.05, 4.69) is 42.7 Å². The summed E-state index contributed by atoms with van der Waals surface area (Å²) in [5.74, 6) is -0.0525. The molecule has 0 spiro atoms. The van der Waals surface area contributed by atoms with Gasteiger partial charge in [0.2, 0.25) is 5.91 Å². The molecule has 0 saturated carbocycles. The van der Waals surface area contributed by atoms with E-state index in [0.29, 0.717) is 19.6 Å². The first-order chi connectivity index (χ1) is 12.8.